The molecular formula is C17H26N2O2. The Kier molecular flexibility index (Phi) is 5.76. The van der Waals surface area contributed by atoms with Crippen LogP contribution in [0.1, 0.15) is 25.3 Å². The van der Waals surface area contributed by atoms with Crippen LogP contribution in [0.25, 0.3) is 0 Å². The summed E-state index contributed by atoms with van der Waals surface area (Å²) in [5.41, 5.74) is 0.719. The Morgan fingerprint density at radius 1 is 1.29 bits per heavy atom. The molecule has 1 unspecified atom stereocenters. The van der Waals surface area contributed by atoms with Crippen LogP contribution in [0.3, 0.4) is 0 Å². The second-order valence-electron chi connectivity index (χ2n) is 5.84. The van der Waals surface area contributed by atoms with Gasteiger partial charge in [-0.1, -0.05) is 30.3 Å². The van der Waals surface area contributed by atoms with Gasteiger partial charge >= 0.3 is 5.97 Å². The maximum absolute atomic E-state index is 12.4. The molecule has 0 aromatic heterocycles. The Hall–Kier alpha value is -1.39. The van der Waals surface area contributed by atoms with Crippen molar-refractivity contribution in [2.45, 2.75) is 31.7 Å². The van der Waals surface area contributed by atoms with E-state index >= 15 is 0 Å². The Labute approximate surface area is 127 Å². The lowest BCUT2D eigenvalue weighted by molar-refractivity contribution is -0.154. The fourth-order valence-electron chi connectivity index (χ4n) is 2.98. The number of ether oxygens (including phenoxy) is 1. The summed E-state index contributed by atoms with van der Waals surface area (Å²) in [6.45, 7) is 5.80. The van der Waals surface area contributed by atoms with E-state index in [1.807, 2.05) is 25.1 Å². The fourth-order valence-corrected chi connectivity index (χ4v) is 2.98. The first-order valence-corrected chi connectivity index (χ1v) is 7.75. The first kappa shape index (κ1) is 16.0. The molecule has 1 aliphatic rings. The van der Waals surface area contributed by atoms with Crippen LogP contribution in [-0.2, 0) is 16.0 Å². The third-order valence-electron chi connectivity index (χ3n) is 4.41. The molecule has 4 heteroatoms. The molecule has 1 fully saturated rings. The van der Waals surface area contributed by atoms with E-state index in [0.29, 0.717) is 0 Å². The number of hydrogen-bond acceptors (Lipinski definition) is 4. The summed E-state index contributed by atoms with van der Waals surface area (Å²) in [7, 11) is 1.49. The van der Waals surface area contributed by atoms with Crippen LogP contribution in [0.5, 0.6) is 0 Å². The summed E-state index contributed by atoms with van der Waals surface area (Å²) in [4.78, 5) is 14.7. The smallest absolute Gasteiger partial charge is 0.326 e. The number of aryl methyl sites for hydroxylation is 1. The van der Waals surface area contributed by atoms with Crippen LogP contribution in [0.2, 0.25) is 0 Å². The maximum Gasteiger partial charge on any atom is 0.326 e. The molecule has 0 saturated carbocycles. The van der Waals surface area contributed by atoms with Gasteiger partial charge in [0, 0.05) is 19.6 Å². The summed E-state index contributed by atoms with van der Waals surface area (Å²) in [6.07, 6.45) is 2.73. The molecule has 1 atom stereocenters. The molecule has 1 aromatic carbocycles. The van der Waals surface area contributed by atoms with E-state index in [0.717, 1.165) is 45.4 Å². The van der Waals surface area contributed by atoms with Gasteiger partial charge in [0.25, 0.3) is 0 Å². The molecular weight excluding hydrogens is 264 g/mol. The second-order valence-corrected chi connectivity index (χ2v) is 5.84. The van der Waals surface area contributed by atoms with Crippen LogP contribution < -0.4 is 5.32 Å². The molecule has 1 aromatic rings. The minimum Gasteiger partial charge on any atom is -0.468 e. The topological polar surface area (TPSA) is 41.6 Å². The van der Waals surface area contributed by atoms with E-state index in [9.17, 15) is 4.79 Å². The Bertz CT molecular complexity index is 441. The van der Waals surface area contributed by atoms with Gasteiger partial charge in [-0.3, -0.25) is 9.69 Å². The van der Waals surface area contributed by atoms with Crippen molar-refractivity contribution in [2.75, 3.05) is 33.3 Å². The van der Waals surface area contributed by atoms with Crippen LogP contribution >= 0.6 is 0 Å². The van der Waals surface area contributed by atoms with Gasteiger partial charge < -0.3 is 10.1 Å². The zero-order valence-electron chi connectivity index (χ0n) is 13.1. The van der Waals surface area contributed by atoms with Crippen molar-refractivity contribution in [3.05, 3.63) is 35.9 Å². The molecule has 21 heavy (non-hydrogen) atoms. The maximum atomic E-state index is 12.4. The van der Waals surface area contributed by atoms with Crippen LogP contribution in [0, 0.1) is 0 Å². The number of hydrogen-bond donors (Lipinski definition) is 1. The lowest BCUT2D eigenvalue weighted by Crippen LogP contribution is -2.54. The van der Waals surface area contributed by atoms with Crippen molar-refractivity contribution in [2.24, 2.45) is 0 Å². The number of carbonyl (C=O) groups excluding carboxylic acids is 1. The van der Waals surface area contributed by atoms with E-state index in [1.54, 1.807) is 0 Å². The fraction of sp³-hybridized carbons (Fsp3) is 0.588. The number of methoxy groups -OCH3 is 1. The average molecular weight is 290 g/mol. The summed E-state index contributed by atoms with van der Waals surface area (Å²) in [6, 6.07) is 10.3. The molecule has 0 amide bonds. The summed E-state index contributed by atoms with van der Waals surface area (Å²) < 4.78 is 5.10. The molecule has 4 nitrogen and oxygen atoms in total. The minimum absolute atomic E-state index is 0.125. The van der Waals surface area contributed by atoms with E-state index in [1.165, 1.54) is 12.7 Å². The Morgan fingerprint density at radius 3 is 2.76 bits per heavy atom. The monoisotopic (exact) mass is 290 g/mol. The zero-order valence-corrected chi connectivity index (χ0v) is 13.1. The lowest BCUT2D eigenvalue weighted by atomic mass is 9.91. The van der Waals surface area contributed by atoms with E-state index in [2.05, 4.69) is 22.3 Å². The first-order valence-electron chi connectivity index (χ1n) is 7.75. The molecule has 0 spiro atoms. The first-order chi connectivity index (χ1) is 10.2. The molecule has 1 N–H and O–H groups in total. The lowest BCUT2D eigenvalue weighted by Gasteiger charge is -2.38. The highest BCUT2D eigenvalue weighted by molar-refractivity contribution is 5.80. The van der Waals surface area contributed by atoms with Gasteiger partial charge in [0.05, 0.1) is 7.11 Å². The van der Waals surface area contributed by atoms with Gasteiger partial charge in [0.2, 0.25) is 0 Å². The van der Waals surface area contributed by atoms with Gasteiger partial charge in [-0.25, -0.2) is 0 Å². The highest BCUT2D eigenvalue weighted by atomic mass is 16.5. The molecule has 116 valence electrons. The van der Waals surface area contributed by atoms with Crippen LogP contribution in [0.4, 0.5) is 0 Å². The van der Waals surface area contributed by atoms with Crippen molar-refractivity contribution < 1.29 is 9.53 Å². The van der Waals surface area contributed by atoms with Crippen LogP contribution in [-0.4, -0.2) is 49.7 Å². The molecule has 1 heterocycles. The standard InChI is InChI=1S/C17H26N2O2/c1-17(16(20)21-2,19-13-6-11-18-12-14-19)10-9-15-7-4-3-5-8-15/h3-5,7-8,18H,6,9-14H2,1-2H3. The summed E-state index contributed by atoms with van der Waals surface area (Å²) in [5.74, 6) is -0.125. The zero-order chi connectivity index (χ0) is 15.1. The second kappa shape index (κ2) is 7.57. The third kappa shape index (κ3) is 4.05. The average Bonchev–Trinajstić information content (AvgIpc) is 2.82. The van der Waals surface area contributed by atoms with E-state index in [-0.39, 0.29) is 5.97 Å². The molecule has 1 aliphatic heterocycles. The Balaban J connectivity index is 2.10. The summed E-state index contributed by atoms with van der Waals surface area (Å²) >= 11 is 0. The van der Waals surface area contributed by atoms with E-state index < -0.39 is 5.54 Å². The molecule has 0 radical (unpaired) electrons. The number of nitrogens with one attached hydrogen (secondary N) is 1. The van der Waals surface area contributed by atoms with Gasteiger partial charge in [-0.05, 0) is 38.3 Å². The normalized spacial score (nSPS) is 19.5. The third-order valence-corrected chi connectivity index (χ3v) is 4.41. The number of nitrogens with zero attached hydrogens (tertiary/aromatic N) is 1. The van der Waals surface area contributed by atoms with Crippen molar-refractivity contribution in [1.29, 1.82) is 0 Å². The molecule has 0 bridgehead atoms. The number of carbonyl (C=O) groups is 1. The quantitative estimate of drug-likeness (QED) is 0.840. The predicted molar refractivity (Wildman–Crippen MR) is 84.2 cm³/mol. The molecule has 2 rings (SSSR count). The molecule has 1 saturated heterocycles. The summed E-state index contributed by atoms with van der Waals surface area (Å²) in [5, 5.41) is 3.39. The van der Waals surface area contributed by atoms with Crippen LogP contribution in [0.15, 0.2) is 30.3 Å². The van der Waals surface area contributed by atoms with Crippen molar-refractivity contribution >= 4 is 5.97 Å². The van der Waals surface area contributed by atoms with Crippen molar-refractivity contribution in [1.82, 2.24) is 10.2 Å². The molecule has 0 aliphatic carbocycles. The number of esters is 1. The Morgan fingerprint density at radius 2 is 2.05 bits per heavy atom. The minimum atomic E-state index is -0.545. The van der Waals surface area contributed by atoms with Gasteiger partial charge in [-0.2, -0.15) is 0 Å². The van der Waals surface area contributed by atoms with E-state index in [4.69, 9.17) is 4.74 Å². The SMILES string of the molecule is COC(=O)C(C)(CCc1ccccc1)N1CCCNCC1. The van der Waals surface area contributed by atoms with Crippen molar-refractivity contribution in [3.63, 3.8) is 0 Å². The van der Waals surface area contributed by atoms with Gasteiger partial charge in [0.1, 0.15) is 5.54 Å². The highest BCUT2D eigenvalue weighted by Crippen LogP contribution is 2.24. The van der Waals surface area contributed by atoms with Gasteiger partial charge in [-0.15, -0.1) is 0 Å². The van der Waals surface area contributed by atoms with Gasteiger partial charge in [0.15, 0.2) is 0 Å². The predicted octanol–water partition coefficient (Wildman–Crippen LogP) is 1.85. The number of benzene rings is 1. The largest absolute Gasteiger partial charge is 0.468 e. The highest BCUT2D eigenvalue weighted by Gasteiger charge is 2.40. The number of rotatable bonds is 5. The van der Waals surface area contributed by atoms with Crippen molar-refractivity contribution in [3.8, 4) is 0 Å².